The van der Waals surface area contributed by atoms with Gasteiger partial charge in [0, 0.05) is 17.5 Å². The van der Waals surface area contributed by atoms with Gasteiger partial charge in [-0.15, -0.1) is 0 Å². The Morgan fingerprint density at radius 3 is 2.80 bits per heavy atom. The van der Waals surface area contributed by atoms with Crippen molar-refractivity contribution in [3.63, 3.8) is 0 Å². The minimum atomic E-state index is -0.393. The molecule has 0 amide bonds. The van der Waals surface area contributed by atoms with Crippen LogP contribution in [0.1, 0.15) is 24.7 Å². The summed E-state index contributed by atoms with van der Waals surface area (Å²) in [5, 5.41) is 4.55. The van der Waals surface area contributed by atoms with Crippen molar-refractivity contribution >= 4 is 11.0 Å². The van der Waals surface area contributed by atoms with Crippen molar-refractivity contribution in [2.75, 3.05) is 0 Å². The Bertz CT molecular complexity index is 806. The van der Waals surface area contributed by atoms with Crippen LogP contribution in [0.3, 0.4) is 0 Å². The van der Waals surface area contributed by atoms with E-state index in [1.807, 2.05) is 6.07 Å². The van der Waals surface area contributed by atoms with Gasteiger partial charge in [-0.05, 0) is 32.0 Å². The van der Waals surface area contributed by atoms with Crippen LogP contribution in [0, 0.1) is 6.92 Å². The van der Waals surface area contributed by atoms with Gasteiger partial charge in [-0.3, -0.25) is 0 Å². The second kappa shape index (κ2) is 4.80. The third-order valence-electron chi connectivity index (χ3n) is 2.80. The van der Waals surface area contributed by atoms with E-state index in [2.05, 4.69) is 10.1 Å². The molecule has 102 valence electrons. The molecule has 3 rings (SSSR count). The molecule has 6 nitrogen and oxygen atoms in total. The second-order valence-corrected chi connectivity index (χ2v) is 4.39. The average molecular weight is 272 g/mol. The Morgan fingerprint density at radius 2 is 2.05 bits per heavy atom. The fourth-order valence-corrected chi connectivity index (χ4v) is 1.85. The number of aromatic nitrogens is 2. The maximum atomic E-state index is 11.2. The topological polar surface area (TPSA) is 78.4 Å². The zero-order valence-corrected chi connectivity index (χ0v) is 11.0. The lowest BCUT2D eigenvalue weighted by Gasteiger charge is -2.10. The summed E-state index contributed by atoms with van der Waals surface area (Å²) in [6, 6.07) is 8.36. The number of nitrogens with zero attached hydrogens (tertiary/aromatic N) is 2. The van der Waals surface area contributed by atoms with E-state index in [0.717, 1.165) is 5.39 Å². The maximum Gasteiger partial charge on any atom is 0.336 e. The molecule has 20 heavy (non-hydrogen) atoms. The summed E-state index contributed by atoms with van der Waals surface area (Å²) in [4.78, 5) is 15.3. The molecule has 0 radical (unpaired) electrons. The van der Waals surface area contributed by atoms with Gasteiger partial charge >= 0.3 is 5.63 Å². The minimum Gasteiger partial charge on any atom is -0.481 e. The van der Waals surface area contributed by atoms with Crippen LogP contribution in [0.25, 0.3) is 11.0 Å². The molecule has 0 saturated heterocycles. The van der Waals surface area contributed by atoms with E-state index in [-0.39, 0.29) is 6.10 Å². The summed E-state index contributed by atoms with van der Waals surface area (Å²) in [5.41, 5.74) is 0.0825. The number of hydrogen-bond acceptors (Lipinski definition) is 6. The summed E-state index contributed by atoms with van der Waals surface area (Å²) in [7, 11) is 0. The van der Waals surface area contributed by atoms with Gasteiger partial charge in [-0.25, -0.2) is 4.79 Å². The highest BCUT2D eigenvalue weighted by Crippen LogP contribution is 2.24. The van der Waals surface area contributed by atoms with Crippen LogP contribution in [-0.4, -0.2) is 10.1 Å². The fraction of sp³-hybridized carbons (Fsp3) is 0.214. The second-order valence-electron chi connectivity index (χ2n) is 4.39. The molecule has 2 heterocycles. The summed E-state index contributed by atoms with van der Waals surface area (Å²) < 4.78 is 15.9. The predicted molar refractivity (Wildman–Crippen MR) is 70.6 cm³/mol. The van der Waals surface area contributed by atoms with Crippen LogP contribution >= 0.6 is 0 Å². The lowest BCUT2D eigenvalue weighted by molar-refractivity contribution is 0.175. The van der Waals surface area contributed by atoms with Crippen molar-refractivity contribution in [2.24, 2.45) is 0 Å². The third kappa shape index (κ3) is 2.40. The van der Waals surface area contributed by atoms with Crippen LogP contribution in [0.5, 0.6) is 5.75 Å². The molecular weight excluding hydrogens is 260 g/mol. The van der Waals surface area contributed by atoms with E-state index in [0.29, 0.717) is 23.0 Å². The van der Waals surface area contributed by atoms with E-state index in [1.54, 1.807) is 32.0 Å². The van der Waals surface area contributed by atoms with Crippen molar-refractivity contribution < 1.29 is 13.7 Å². The molecule has 1 atom stereocenters. The Labute approximate surface area is 114 Å². The van der Waals surface area contributed by atoms with Gasteiger partial charge in [-0.2, -0.15) is 4.98 Å². The van der Waals surface area contributed by atoms with E-state index in [4.69, 9.17) is 13.7 Å². The zero-order chi connectivity index (χ0) is 14.1. The summed E-state index contributed by atoms with van der Waals surface area (Å²) in [6.07, 6.45) is -0.385. The van der Waals surface area contributed by atoms with Gasteiger partial charge in [0.15, 0.2) is 11.9 Å². The smallest absolute Gasteiger partial charge is 0.336 e. The maximum absolute atomic E-state index is 11.2. The van der Waals surface area contributed by atoms with Gasteiger partial charge in [0.05, 0.1) is 0 Å². The monoisotopic (exact) mass is 272 g/mol. The molecule has 2 aromatic heterocycles. The first kappa shape index (κ1) is 12.4. The Kier molecular flexibility index (Phi) is 2.98. The standard InChI is InChI=1S/C14H12N2O4/c1-8(14-15-9(2)16-20-14)18-11-5-3-10-4-6-13(17)19-12(10)7-11/h3-8H,1-2H3/t8-/m0/s1. The van der Waals surface area contributed by atoms with Crippen LogP contribution in [0.4, 0.5) is 0 Å². The molecule has 0 aliphatic carbocycles. The number of hydrogen-bond donors (Lipinski definition) is 0. The first-order valence-corrected chi connectivity index (χ1v) is 6.12. The van der Waals surface area contributed by atoms with Crippen molar-refractivity contribution in [3.05, 3.63) is 52.5 Å². The number of aryl methyl sites for hydroxylation is 1. The molecule has 0 unspecified atom stereocenters. The molecule has 0 aliphatic rings. The first-order valence-electron chi connectivity index (χ1n) is 6.12. The lowest BCUT2D eigenvalue weighted by Crippen LogP contribution is -2.03. The molecule has 0 bridgehead atoms. The van der Waals surface area contributed by atoms with Gasteiger partial charge in [-0.1, -0.05) is 5.16 Å². The van der Waals surface area contributed by atoms with Crippen molar-refractivity contribution in [1.29, 1.82) is 0 Å². The van der Waals surface area contributed by atoms with Crippen molar-refractivity contribution in [2.45, 2.75) is 20.0 Å². The molecule has 3 aromatic rings. The quantitative estimate of drug-likeness (QED) is 0.682. The number of benzene rings is 1. The summed E-state index contributed by atoms with van der Waals surface area (Å²) >= 11 is 0. The fourth-order valence-electron chi connectivity index (χ4n) is 1.85. The average Bonchev–Trinajstić information content (AvgIpc) is 2.85. The lowest BCUT2D eigenvalue weighted by atomic mass is 10.2. The van der Waals surface area contributed by atoms with Gasteiger partial charge in [0.2, 0.25) is 0 Å². The van der Waals surface area contributed by atoms with E-state index in [1.165, 1.54) is 6.07 Å². The van der Waals surface area contributed by atoms with Gasteiger partial charge in [0.1, 0.15) is 11.3 Å². The van der Waals surface area contributed by atoms with Crippen LogP contribution in [0.2, 0.25) is 0 Å². The van der Waals surface area contributed by atoms with Crippen LogP contribution < -0.4 is 10.4 Å². The van der Waals surface area contributed by atoms with E-state index >= 15 is 0 Å². The number of fused-ring (bicyclic) bond motifs is 1. The zero-order valence-electron chi connectivity index (χ0n) is 11.0. The van der Waals surface area contributed by atoms with Crippen LogP contribution in [0.15, 0.2) is 44.1 Å². The summed E-state index contributed by atoms with van der Waals surface area (Å²) in [5.74, 6) is 1.52. The molecule has 1 aromatic carbocycles. The van der Waals surface area contributed by atoms with E-state index < -0.39 is 5.63 Å². The Morgan fingerprint density at radius 1 is 1.25 bits per heavy atom. The van der Waals surface area contributed by atoms with Gasteiger partial charge in [0.25, 0.3) is 5.89 Å². The van der Waals surface area contributed by atoms with Crippen molar-refractivity contribution in [1.82, 2.24) is 10.1 Å². The Hall–Kier alpha value is -2.63. The van der Waals surface area contributed by atoms with Crippen LogP contribution in [-0.2, 0) is 0 Å². The predicted octanol–water partition coefficient (Wildman–Crippen LogP) is 2.62. The third-order valence-corrected chi connectivity index (χ3v) is 2.80. The minimum absolute atomic E-state index is 0.385. The normalized spacial score (nSPS) is 12.5. The highest BCUT2D eigenvalue weighted by atomic mass is 16.5. The highest BCUT2D eigenvalue weighted by molar-refractivity contribution is 5.77. The van der Waals surface area contributed by atoms with E-state index in [9.17, 15) is 4.79 Å². The SMILES string of the molecule is Cc1noc([C@H](C)Oc2ccc3ccc(=O)oc3c2)n1. The molecule has 0 aliphatic heterocycles. The number of rotatable bonds is 3. The summed E-state index contributed by atoms with van der Waals surface area (Å²) in [6.45, 7) is 3.54. The number of ether oxygens (including phenoxy) is 1. The molecule has 0 spiro atoms. The molecule has 6 heteroatoms. The molecular formula is C14H12N2O4. The molecule has 0 N–H and O–H groups in total. The van der Waals surface area contributed by atoms with Crippen molar-refractivity contribution in [3.8, 4) is 5.75 Å². The van der Waals surface area contributed by atoms with Gasteiger partial charge < -0.3 is 13.7 Å². The largest absolute Gasteiger partial charge is 0.481 e. The molecule has 0 fully saturated rings. The first-order chi connectivity index (χ1) is 9.61. The molecule has 0 saturated carbocycles. The Balaban J connectivity index is 1.88. The highest BCUT2D eigenvalue weighted by Gasteiger charge is 2.15.